The van der Waals surface area contributed by atoms with Crippen molar-refractivity contribution in [3.63, 3.8) is 0 Å². The second-order valence-electron chi connectivity index (χ2n) is 6.51. The van der Waals surface area contributed by atoms with Gasteiger partial charge in [-0.3, -0.25) is 4.79 Å². The van der Waals surface area contributed by atoms with Gasteiger partial charge in [0.25, 0.3) is 5.91 Å². The minimum atomic E-state index is -0.556. The van der Waals surface area contributed by atoms with Crippen molar-refractivity contribution in [3.8, 4) is 0 Å². The first-order chi connectivity index (χ1) is 13.7. The van der Waals surface area contributed by atoms with Crippen molar-refractivity contribution in [2.75, 3.05) is 24.7 Å². The second-order valence-corrected chi connectivity index (χ2v) is 7.62. The van der Waals surface area contributed by atoms with E-state index in [1.165, 1.54) is 11.3 Å². The molecule has 144 valence electrons. The molecule has 2 aromatic carbocycles. The van der Waals surface area contributed by atoms with Crippen LogP contribution < -0.4 is 4.90 Å². The van der Waals surface area contributed by atoms with E-state index in [0.29, 0.717) is 6.54 Å². The maximum atomic E-state index is 12.5. The van der Waals surface area contributed by atoms with Crippen molar-refractivity contribution in [2.24, 2.45) is 0 Å². The van der Waals surface area contributed by atoms with Gasteiger partial charge < -0.3 is 14.4 Å². The van der Waals surface area contributed by atoms with E-state index in [1.54, 1.807) is 4.90 Å². The summed E-state index contributed by atoms with van der Waals surface area (Å²) >= 11 is 1.53. The summed E-state index contributed by atoms with van der Waals surface area (Å²) in [5, 5.41) is 0.801. The van der Waals surface area contributed by atoms with Crippen LogP contribution in [0.5, 0.6) is 0 Å². The Morgan fingerprint density at radius 1 is 1.07 bits per heavy atom. The number of carbonyl (C=O) groups excluding carboxylic acids is 2. The van der Waals surface area contributed by atoms with Crippen molar-refractivity contribution in [1.82, 2.24) is 4.98 Å². The molecule has 0 saturated heterocycles. The van der Waals surface area contributed by atoms with Crippen molar-refractivity contribution in [2.45, 2.75) is 19.4 Å². The van der Waals surface area contributed by atoms with Gasteiger partial charge in [-0.25, -0.2) is 9.78 Å². The molecule has 0 unspecified atom stereocenters. The Kier molecular flexibility index (Phi) is 5.64. The van der Waals surface area contributed by atoms with E-state index >= 15 is 0 Å². The highest BCUT2D eigenvalue weighted by Gasteiger charge is 2.23. The number of aryl methyl sites for hydroxylation is 1. The third kappa shape index (κ3) is 4.21. The number of benzene rings is 2. The number of esters is 1. The zero-order chi connectivity index (χ0) is 19.3. The van der Waals surface area contributed by atoms with Crippen molar-refractivity contribution in [3.05, 3.63) is 59.1 Å². The first-order valence-electron chi connectivity index (χ1n) is 9.17. The van der Waals surface area contributed by atoms with E-state index < -0.39 is 5.97 Å². The summed E-state index contributed by atoms with van der Waals surface area (Å²) in [7, 11) is 0. The second kappa shape index (κ2) is 8.50. The fourth-order valence-electron chi connectivity index (χ4n) is 3.26. The summed E-state index contributed by atoms with van der Waals surface area (Å²) in [5.74, 6) is -0.772. The lowest BCUT2D eigenvalue weighted by Crippen LogP contribution is -2.38. The summed E-state index contributed by atoms with van der Waals surface area (Å²) in [6, 6.07) is 15.7. The Bertz CT molecular complexity index is 968. The van der Waals surface area contributed by atoms with Crippen molar-refractivity contribution < 1.29 is 19.1 Å². The number of aromatic nitrogens is 1. The fraction of sp³-hybridized carbons (Fsp3) is 0.286. The van der Waals surface area contributed by atoms with Crippen LogP contribution in [-0.2, 0) is 32.1 Å². The average molecular weight is 396 g/mol. The van der Waals surface area contributed by atoms with Gasteiger partial charge in [0, 0.05) is 12.2 Å². The molecule has 0 bridgehead atoms. The fourth-order valence-corrected chi connectivity index (χ4v) is 4.16. The molecule has 4 rings (SSSR count). The van der Waals surface area contributed by atoms with E-state index in [2.05, 4.69) is 4.98 Å². The van der Waals surface area contributed by atoms with Crippen molar-refractivity contribution >= 4 is 39.1 Å². The number of para-hydroxylation sites is 2. The van der Waals surface area contributed by atoms with Gasteiger partial charge in [-0.05, 0) is 36.6 Å². The standard InChI is InChI=1S/C21H20N2O4S/c24-20(23-11-5-7-15-6-1-3-9-17(15)23)13-27-21(25)14-26-12-19-22-16-8-2-4-10-18(16)28-19/h1-4,6,8-10H,5,7,11-14H2. The molecule has 0 saturated carbocycles. The Morgan fingerprint density at radius 2 is 1.89 bits per heavy atom. The maximum absolute atomic E-state index is 12.5. The molecule has 1 aliphatic heterocycles. The normalized spacial score (nSPS) is 13.4. The Morgan fingerprint density at radius 3 is 2.79 bits per heavy atom. The number of carbonyl (C=O) groups is 2. The predicted molar refractivity (Wildman–Crippen MR) is 107 cm³/mol. The molecule has 1 amide bonds. The number of thiazole rings is 1. The number of fused-ring (bicyclic) bond motifs is 2. The molecule has 6 nitrogen and oxygen atoms in total. The lowest BCUT2D eigenvalue weighted by atomic mass is 10.0. The lowest BCUT2D eigenvalue weighted by Gasteiger charge is -2.29. The summed E-state index contributed by atoms with van der Waals surface area (Å²) < 4.78 is 11.6. The first-order valence-corrected chi connectivity index (χ1v) is 9.98. The van der Waals surface area contributed by atoms with Gasteiger partial charge in [0.2, 0.25) is 0 Å². The summed E-state index contributed by atoms with van der Waals surface area (Å²) in [6.07, 6.45) is 1.86. The highest BCUT2D eigenvalue weighted by atomic mass is 32.1. The smallest absolute Gasteiger partial charge is 0.332 e. The van der Waals surface area contributed by atoms with Gasteiger partial charge in [0.15, 0.2) is 6.61 Å². The summed E-state index contributed by atoms with van der Waals surface area (Å²) in [6.45, 7) is 0.390. The van der Waals surface area contributed by atoms with Gasteiger partial charge in [0.05, 0.1) is 16.8 Å². The third-order valence-corrected chi connectivity index (χ3v) is 5.56. The van der Waals surface area contributed by atoms with E-state index in [1.807, 2.05) is 48.5 Å². The minimum Gasteiger partial charge on any atom is -0.454 e. The Hall–Kier alpha value is -2.77. The number of hydrogen-bond acceptors (Lipinski definition) is 6. The number of nitrogens with zero attached hydrogens (tertiary/aromatic N) is 2. The van der Waals surface area contributed by atoms with Crippen LogP contribution in [0.4, 0.5) is 5.69 Å². The summed E-state index contributed by atoms with van der Waals surface area (Å²) in [4.78, 5) is 30.5. The first kappa shape index (κ1) is 18.6. The molecule has 28 heavy (non-hydrogen) atoms. The lowest BCUT2D eigenvalue weighted by molar-refractivity contribution is -0.152. The van der Waals surface area contributed by atoms with E-state index in [9.17, 15) is 9.59 Å². The molecule has 3 aromatic rings. The quantitative estimate of drug-likeness (QED) is 0.598. The van der Waals surface area contributed by atoms with Crippen LogP contribution in [0.2, 0.25) is 0 Å². The number of rotatable bonds is 6. The molecule has 0 atom stereocenters. The molecule has 0 spiro atoms. The molecule has 0 radical (unpaired) electrons. The molecule has 1 aliphatic rings. The summed E-state index contributed by atoms with van der Waals surface area (Å²) in [5.41, 5.74) is 2.97. The average Bonchev–Trinajstić information content (AvgIpc) is 3.14. The van der Waals surface area contributed by atoms with Crippen LogP contribution >= 0.6 is 11.3 Å². The zero-order valence-electron chi connectivity index (χ0n) is 15.3. The van der Waals surface area contributed by atoms with E-state index in [0.717, 1.165) is 39.3 Å². The number of ether oxygens (including phenoxy) is 2. The van der Waals surface area contributed by atoms with Crippen LogP contribution in [0.1, 0.15) is 17.0 Å². The van der Waals surface area contributed by atoms with Gasteiger partial charge in [0.1, 0.15) is 11.6 Å². The predicted octanol–water partition coefficient (Wildman–Crippen LogP) is 3.34. The minimum absolute atomic E-state index is 0.209. The van der Waals surface area contributed by atoms with Gasteiger partial charge >= 0.3 is 5.97 Å². The van der Waals surface area contributed by atoms with Crippen LogP contribution in [0.25, 0.3) is 10.2 Å². The number of anilines is 1. The Balaban J connectivity index is 1.24. The molecule has 0 N–H and O–H groups in total. The largest absolute Gasteiger partial charge is 0.454 e. The van der Waals surface area contributed by atoms with Crippen LogP contribution in [0, 0.1) is 0 Å². The SMILES string of the molecule is O=C(COCc1nc2ccccc2s1)OCC(=O)N1CCCc2ccccc21. The van der Waals surface area contributed by atoms with E-state index in [4.69, 9.17) is 9.47 Å². The van der Waals surface area contributed by atoms with Crippen LogP contribution in [-0.4, -0.2) is 36.6 Å². The number of hydrogen-bond donors (Lipinski definition) is 0. The highest BCUT2D eigenvalue weighted by Crippen LogP contribution is 2.26. The molecule has 0 fully saturated rings. The maximum Gasteiger partial charge on any atom is 0.332 e. The molecule has 2 heterocycles. The highest BCUT2D eigenvalue weighted by molar-refractivity contribution is 7.18. The van der Waals surface area contributed by atoms with Gasteiger partial charge in [-0.1, -0.05) is 30.3 Å². The Labute approximate surface area is 166 Å². The van der Waals surface area contributed by atoms with Crippen LogP contribution in [0.3, 0.4) is 0 Å². The van der Waals surface area contributed by atoms with E-state index in [-0.39, 0.29) is 25.7 Å². The van der Waals surface area contributed by atoms with Crippen LogP contribution in [0.15, 0.2) is 48.5 Å². The third-order valence-electron chi connectivity index (χ3n) is 4.55. The molecular formula is C21H20N2O4S. The zero-order valence-corrected chi connectivity index (χ0v) is 16.1. The topological polar surface area (TPSA) is 68.7 Å². The molecular weight excluding hydrogens is 376 g/mol. The van der Waals surface area contributed by atoms with Gasteiger partial charge in [-0.2, -0.15) is 0 Å². The monoisotopic (exact) mass is 396 g/mol. The molecule has 7 heteroatoms. The number of amides is 1. The molecule has 0 aliphatic carbocycles. The van der Waals surface area contributed by atoms with Gasteiger partial charge in [-0.15, -0.1) is 11.3 Å². The molecule has 1 aromatic heterocycles. The van der Waals surface area contributed by atoms with Crippen molar-refractivity contribution in [1.29, 1.82) is 0 Å².